The Kier molecular flexibility index (Phi) is 5.13. The highest BCUT2D eigenvalue weighted by Gasteiger charge is 2.31. The number of para-hydroxylation sites is 1. The molecule has 2 aromatic carbocycles. The number of aromatic nitrogens is 1. The number of benzene rings is 2. The topological polar surface area (TPSA) is 69.6 Å². The maximum Gasteiger partial charge on any atom is 0.417 e. The zero-order chi connectivity index (χ0) is 20.5. The summed E-state index contributed by atoms with van der Waals surface area (Å²) in [7, 11) is 0. The molecule has 3 aromatic rings. The van der Waals surface area contributed by atoms with Crippen LogP contribution in [0.3, 0.4) is 0 Å². The predicted molar refractivity (Wildman–Crippen MR) is 110 cm³/mol. The Morgan fingerprint density at radius 2 is 1.76 bits per heavy atom. The van der Waals surface area contributed by atoms with Crippen molar-refractivity contribution in [3.8, 4) is 0 Å². The fourth-order valence-electron chi connectivity index (χ4n) is 4.05. The SMILES string of the molecule is CC(C)C(C(=O)N1CCN(c2cccc3[nH]c(=O)oc23)CC1)c1ccc(F)cc1. The third-order valence-electron chi connectivity index (χ3n) is 5.52. The van der Waals surface area contributed by atoms with Gasteiger partial charge in [0.25, 0.3) is 0 Å². The molecular formula is C22H24FN3O3. The molecule has 152 valence electrons. The summed E-state index contributed by atoms with van der Waals surface area (Å²) in [5.74, 6) is -0.900. The third-order valence-corrected chi connectivity index (χ3v) is 5.52. The summed E-state index contributed by atoms with van der Waals surface area (Å²) in [5, 5.41) is 0. The number of hydrogen-bond acceptors (Lipinski definition) is 4. The van der Waals surface area contributed by atoms with Crippen LogP contribution < -0.4 is 10.7 Å². The first-order valence-corrected chi connectivity index (χ1v) is 9.85. The molecule has 1 fully saturated rings. The molecule has 0 radical (unpaired) electrons. The van der Waals surface area contributed by atoms with Gasteiger partial charge in [-0.2, -0.15) is 0 Å². The van der Waals surface area contributed by atoms with Crippen LogP contribution in [0.1, 0.15) is 25.3 Å². The van der Waals surface area contributed by atoms with Crippen molar-refractivity contribution < 1.29 is 13.6 Å². The van der Waals surface area contributed by atoms with Crippen molar-refractivity contribution in [1.29, 1.82) is 0 Å². The van der Waals surface area contributed by atoms with E-state index in [0.29, 0.717) is 37.3 Å². The van der Waals surface area contributed by atoms with E-state index < -0.39 is 5.76 Å². The fourth-order valence-corrected chi connectivity index (χ4v) is 4.05. The molecule has 4 rings (SSSR count). The minimum atomic E-state index is -0.472. The second-order valence-electron chi connectivity index (χ2n) is 7.75. The van der Waals surface area contributed by atoms with Crippen LogP contribution in [0.15, 0.2) is 51.7 Å². The van der Waals surface area contributed by atoms with Gasteiger partial charge in [0, 0.05) is 26.2 Å². The Labute approximate surface area is 167 Å². The van der Waals surface area contributed by atoms with Crippen molar-refractivity contribution in [2.45, 2.75) is 19.8 Å². The van der Waals surface area contributed by atoms with Gasteiger partial charge >= 0.3 is 5.76 Å². The summed E-state index contributed by atoms with van der Waals surface area (Å²) in [6.07, 6.45) is 0. The molecule has 1 unspecified atom stereocenters. The van der Waals surface area contributed by atoms with Crippen LogP contribution in [0.4, 0.5) is 10.1 Å². The summed E-state index contributed by atoms with van der Waals surface area (Å²) in [6.45, 7) is 6.47. The van der Waals surface area contributed by atoms with Gasteiger partial charge in [-0.15, -0.1) is 0 Å². The lowest BCUT2D eigenvalue weighted by molar-refractivity contribution is -0.134. The number of fused-ring (bicyclic) bond motifs is 1. The standard InChI is InChI=1S/C22H24FN3O3/c1-14(2)19(15-6-8-16(23)9-7-15)21(27)26-12-10-25(11-13-26)18-5-3-4-17-20(18)29-22(28)24-17/h3-9,14,19H,10-13H2,1-2H3,(H,24,28). The molecule has 1 amide bonds. The lowest BCUT2D eigenvalue weighted by atomic mass is 9.87. The molecule has 0 bridgehead atoms. The van der Waals surface area contributed by atoms with Crippen molar-refractivity contribution in [3.63, 3.8) is 0 Å². The van der Waals surface area contributed by atoms with Gasteiger partial charge < -0.3 is 14.2 Å². The predicted octanol–water partition coefficient (Wildman–Crippen LogP) is 3.35. The van der Waals surface area contributed by atoms with Crippen molar-refractivity contribution in [2.24, 2.45) is 5.92 Å². The van der Waals surface area contributed by atoms with E-state index in [0.717, 1.165) is 11.3 Å². The van der Waals surface area contributed by atoms with E-state index in [-0.39, 0.29) is 23.6 Å². The number of carbonyl (C=O) groups excluding carboxylic acids is 1. The molecule has 7 heteroatoms. The number of carbonyl (C=O) groups is 1. The Morgan fingerprint density at radius 3 is 2.41 bits per heavy atom. The highest BCUT2D eigenvalue weighted by Crippen LogP contribution is 2.29. The van der Waals surface area contributed by atoms with Crippen LogP contribution in [-0.4, -0.2) is 42.0 Å². The van der Waals surface area contributed by atoms with E-state index in [1.165, 1.54) is 12.1 Å². The largest absolute Gasteiger partial charge is 0.417 e. The highest BCUT2D eigenvalue weighted by atomic mass is 19.1. The lowest BCUT2D eigenvalue weighted by Crippen LogP contribution is -2.50. The van der Waals surface area contributed by atoms with Crippen LogP contribution in [0, 0.1) is 11.7 Å². The maximum atomic E-state index is 13.3. The molecule has 1 aliphatic heterocycles. The summed E-state index contributed by atoms with van der Waals surface area (Å²) in [4.78, 5) is 31.5. The van der Waals surface area contributed by atoms with Crippen molar-refractivity contribution in [3.05, 3.63) is 64.4 Å². The van der Waals surface area contributed by atoms with Gasteiger partial charge in [0.05, 0.1) is 17.1 Å². The zero-order valence-electron chi connectivity index (χ0n) is 16.5. The Hall–Kier alpha value is -3.09. The molecule has 1 N–H and O–H groups in total. The summed E-state index contributed by atoms with van der Waals surface area (Å²) in [6, 6.07) is 11.8. The van der Waals surface area contributed by atoms with E-state index in [1.54, 1.807) is 18.2 Å². The van der Waals surface area contributed by atoms with E-state index >= 15 is 0 Å². The van der Waals surface area contributed by atoms with Gasteiger partial charge in [-0.05, 0) is 35.7 Å². The monoisotopic (exact) mass is 397 g/mol. The van der Waals surface area contributed by atoms with E-state index in [9.17, 15) is 14.0 Å². The molecule has 1 aromatic heterocycles. The number of amides is 1. The van der Waals surface area contributed by atoms with Gasteiger partial charge in [-0.25, -0.2) is 9.18 Å². The van der Waals surface area contributed by atoms with Gasteiger partial charge in [0.15, 0.2) is 5.58 Å². The van der Waals surface area contributed by atoms with Crippen LogP contribution in [0.5, 0.6) is 0 Å². The molecule has 1 aliphatic rings. The maximum absolute atomic E-state index is 13.3. The number of rotatable bonds is 4. The van der Waals surface area contributed by atoms with Gasteiger partial charge in [-0.1, -0.05) is 32.0 Å². The molecule has 0 aliphatic carbocycles. The minimum absolute atomic E-state index is 0.0673. The van der Waals surface area contributed by atoms with Crippen molar-refractivity contribution in [2.75, 3.05) is 31.1 Å². The molecule has 2 heterocycles. The number of halogens is 1. The number of H-pyrrole nitrogens is 1. The average molecular weight is 397 g/mol. The molecule has 0 spiro atoms. The second-order valence-corrected chi connectivity index (χ2v) is 7.75. The van der Waals surface area contributed by atoms with Crippen LogP contribution in [-0.2, 0) is 4.79 Å². The van der Waals surface area contributed by atoms with Gasteiger partial charge in [0.1, 0.15) is 5.82 Å². The minimum Gasteiger partial charge on any atom is -0.406 e. The molecule has 1 atom stereocenters. The number of piperazine rings is 1. The molecule has 0 saturated carbocycles. The smallest absolute Gasteiger partial charge is 0.406 e. The molecular weight excluding hydrogens is 373 g/mol. The van der Waals surface area contributed by atoms with E-state index in [1.807, 2.05) is 30.9 Å². The highest BCUT2D eigenvalue weighted by molar-refractivity contribution is 5.87. The average Bonchev–Trinajstić information content (AvgIpc) is 3.09. The zero-order valence-corrected chi connectivity index (χ0v) is 16.5. The Bertz CT molecular complexity index is 1060. The molecule has 29 heavy (non-hydrogen) atoms. The number of oxazole rings is 1. The first kappa shape index (κ1) is 19.2. The van der Waals surface area contributed by atoms with Gasteiger partial charge in [-0.3, -0.25) is 9.78 Å². The van der Waals surface area contributed by atoms with E-state index in [4.69, 9.17) is 4.42 Å². The number of anilines is 1. The molecule has 1 saturated heterocycles. The Balaban J connectivity index is 1.50. The van der Waals surface area contributed by atoms with Crippen LogP contribution in [0.2, 0.25) is 0 Å². The number of nitrogens with one attached hydrogen (secondary N) is 1. The van der Waals surface area contributed by atoms with Crippen molar-refractivity contribution in [1.82, 2.24) is 9.88 Å². The number of hydrogen-bond donors (Lipinski definition) is 1. The third kappa shape index (κ3) is 3.77. The van der Waals surface area contributed by atoms with Gasteiger partial charge in [0.2, 0.25) is 5.91 Å². The van der Waals surface area contributed by atoms with Crippen LogP contribution in [0.25, 0.3) is 11.1 Å². The summed E-state index contributed by atoms with van der Waals surface area (Å²) >= 11 is 0. The summed E-state index contributed by atoms with van der Waals surface area (Å²) < 4.78 is 18.6. The lowest BCUT2D eigenvalue weighted by Gasteiger charge is -2.38. The summed E-state index contributed by atoms with van der Waals surface area (Å²) in [5.41, 5.74) is 2.91. The first-order chi connectivity index (χ1) is 13.9. The fraction of sp³-hybridized carbons (Fsp3) is 0.364. The van der Waals surface area contributed by atoms with Crippen LogP contribution >= 0.6 is 0 Å². The van der Waals surface area contributed by atoms with E-state index in [2.05, 4.69) is 9.88 Å². The van der Waals surface area contributed by atoms with Crippen molar-refractivity contribution >= 4 is 22.7 Å². The quantitative estimate of drug-likeness (QED) is 0.733. The Morgan fingerprint density at radius 1 is 1.07 bits per heavy atom. The first-order valence-electron chi connectivity index (χ1n) is 9.85. The molecule has 6 nitrogen and oxygen atoms in total. The number of nitrogens with zero attached hydrogens (tertiary/aromatic N) is 2. The second kappa shape index (κ2) is 7.73. The normalized spacial score (nSPS) is 15.9. The number of aromatic amines is 1.